The predicted octanol–water partition coefficient (Wildman–Crippen LogP) is 5.37. The van der Waals surface area contributed by atoms with Crippen LogP contribution < -0.4 is 5.69 Å². The number of likely N-dealkylation sites (tertiary alicyclic amines) is 1. The third kappa shape index (κ3) is 5.22. The van der Waals surface area contributed by atoms with Crippen molar-refractivity contribution in [3.63, 3.8) is 0 Å². The molecule has 220 valence electrons. The molecule has 12 heteroatoms. The highest BCUT2D eigenvalue weighted by molar-refractivity contribution is 5.58. The molecule has 0 spiro atoms. The Balaban J connectivity index is 1.45. The van der Waals surface area contributed by atoms with E-state index in [0.717, 1.165) is 41.1 Å². The van der Waals surface area contributed by atoms with E-state index in [9.17, 15) is 27.6 Å². The van der Waals surface area contributed by atoms with Crippen LogP contribution in [0.4, 0.5) is 17.6 Å². The Labute approximate surface area is 239 Å². The number of halogens is 4. The molecule has 1 aromatic carbocycles. The lowest BCUT2D eigenvalue weighted by molar-refractivity contribution is -0.136. The van der Waals surface area contributed by atoms with Crippen LogP contribution in [0.15, 0.2) is 47.8 Å². The molecule has 4 heterocycles. The molecule has 4 aromatic rings. The van der Waals surface area contributed by atoms with Gasteiger partial charge in [-0.3, -0.25) is 13.9 Å². The summed E-state index contributed by atoms with van der Waals surface area (Å²) in [7, 11) is 1.84. The number of aryl methyl sites for hydroxylation is 1. The van der Waals surface area contributed by atoms with Crippen LogP contribution in [0, 0.1) is 17.2 Å². The van der Waals surface area contributed by atoms with Gasteiger partial charge in [0.1, 0.15) is 17.8 Å². The van der Waals surface area contributed by atoms with Gasteiger partial charge in [-0.1, -0.05) is 6.42 Å². The van der Waals surface area contributed by atoms with Crippen LogP contribution in [0.1, 0.15) is 73.0 Å². The minimum absolute atomic E-state index is 0.168. The maximum atomic E-state index is 14.3. The Kier molecular flexibility index (Phi) is 6.96. The van der Waals surface area contributed by atoms with Crippen LogP contribution in [0.5, 0.6) is 0 Å². The Bertz CT molecular complexity index is 1730. The molecular weight excluding hydrogens is 550 g/mol. The molecule has 0 N–H and O–H groups in total. The summed E-state index contributed by atoms with van der Waals surface area (Å²) < 4.78 is 61.2. The molecular formula is C30H31F4N7O. The minimum Gasteiger partial charge on any atom is -0.320 e. The fraction of sp³-hybridized carbons (Fsp3) is 0.467. The second kappa shape index (κ2) is 10.4. The molecule has 1 aliphatic carbocycles. The number of rotatable bonds is 6. The van der Waals surface area contributed by atoms with Crippen LogP contribution in [-0.2, 0) is 19.8 Å². The number of pyridine rings is 1. The number of benzene rings is 1. The van der Waals surface area contributed by atoms with Gasteiger partial charge in [-0.15, -0.1) is 10.2 Å². The predicted molar refractivity (Wildman–Crippen MR) is 147 cm³/mol. The summed E-state index contributed by atoms with van der Waals surface area (Å²) >= 11 is 0. The van der Waals surface area contributed by atoms with Gasteiger partial charge in [0.15, 0.2) is 0 Å². The third-order valence-electron chi connectivity index (χ3n) is 8.79. The number of nitrogens with zero attached hydrogens (tertiary/aromatic N) is 7. The fourth-order valence-corrected chi connectivity index (χ4v) is 6.18. The summed E-state index contributed by atoms with van der Waals surface area (Å²) in [4.78, 5) is 15.6. The molecule has 1 atom stereocenters. The lowest BCUT2D eigenvalue weighted by Gasteiger charge is -2.34. The maximum Gasteiger partial charge on any atom is 0.418 e. The number of piperidine rings is 1. The Morgan fingerprint density at radius 2 is 1.88 bits per heavy atom. The topological polar surface area (TPSA) is 84.2 Å². The number of hydrogen-bond acceptors (Lipinski definition) is 5. The molecule has 3 aromatic heterocycles. The quantitative estimate of drug-likeness (QED) is 0.286. The van der Waals surface area contributed by atoms with E-state index in [2.05, 4.69) is 16.3 Å². The SMILES string of the molecule is Cn1cnnc1[C@H](c1cc(C#N)cc(-n2cc3c(C(F)(F)F)cc(CN4CCC(C)(F)CC4)cn3c2=O)c1)C1CCC1. The van der Waals surface area contributed by atoms with E-state index in [-0.39, 0.29) is 29.5 Å². The van der Waals surface area contributed by atoms with E-state index in [1.165, 1.54) is 30.0 Å². The van der Waals surface area contributed by atoms with Gasteiger partial charge in [-0.05, 0) is 73.9 Å². The standard InChI is InChI=1S/C30H31F4N7O/c1-29(31)6-8-39(9-7-29)15-20-12-24(30(32,33)34)25-17-40(28(42)41(25)16-20)23-11-19(14-35)10-22(13-23)26(21-4-3-5-21)27-37-36-18-38(27)2/h10-13,16-18,21,26H,3-9,15H2,1-2H3/t26-/m0/s1. The molecule has 1 saturated heterocycles. The molecule has 6 rings (SSSR count). The minimum atomic E-state index is -4.71. The molecule has 0 unspecified atom stereocenters. The molecule has 0 bridgehead atoms. The van der Waals surface area contributed by atoms with Gasteiger partial charge in [0.25, 0.3) is 0 Å². The average Bonchev–Trinajstić information content (AvgIpc) is 3.48. The van der Waals surface area contributed by atoms with E-state index in [0.29, 0.717) is 37.2 Å². The Morgan fingerprint density at radius 3 is 2.48 bits per heavy atom. The van der Waals surface area contributed by atoms with E-state index < -0.39 is 23.1 Å². The number of nitriles is 1. The molecule has 1 saturated carbocycles. The molecule has 0 radical (unpaired) electrons. The lowest BCUT2D eigenvalue weighted by Crippen LogP contribution is -2.39. The van der Waals surface area contributed by atoms with Crippen molar-refractivity contribution >= 4 is 5.52 Å². The van der Waals surface area contributed by atoms with Crippen LogP contribution in [0.2, 0.25) is 0 Å². The maximum absolute atomic E-state index is 14.3. The van der Waals surface area contributed by atoms with Crippen molar-refractivity contribution in [2.45, 2.75) is 63.3 Å². The first-order valence-corrected chi connectivity index (χ1v) is 14.1. The fourth-order valence-electron chi connectivity index (χ4n) is 6.18. The molecule has 8 nitrogen and oxygen atoms in total. The summed E-state index contributed by atoms with van der Waals surface area (Å²) in [5, 5.41) is 18.2. The van der Waals surface area contributed by atoms with Gasteiger partial charge in [0.2, 0.25) is 0 Å². The van der Waals surface area contributed by atoms with Gasteiger partial charge >= 0.3 is 11.9 Å². The van der Waals surface area contributed by atoms with Crippen molar-refractivity contribution in [1.29, 1.82) is 5.26 Å². The highest BCUT2D eigenvalue weighted by atomic mass is 19.4. The average molecular weight is 582 g/mol. The van der Waals surface area contributed by atoms with Crippen molar-refractivity contribution in [3.8, 4) is 11.8 Å². The molecule has 1 aliphatic heterocycles. The van der Waals surface area contributed by atoms with Crippen LogP contribution in [-0.4, -0.2) is 47.4 Å². The third-order valence-corrected chi connectivity index (χ3v) is 8.79. The molecule has 42 heavy (non-hydrogen) atoms. The van der Waals surface area contributed by atoms with Crippen LogP contribution in [0.25, 0.3) is 11.2 Å². The smallest absolute Gasteiger partial charge is 0.320 e. The zero-order chi connectivity index (χ0) is 29.8. The summed E-state index contributed by atoms with van der Waals surface area (Å²) in [6.45, 7) is 2.54. The summed E-state index contributed by atoms with van der Waals surface area (Å²) in [5.74, 6) is 0.813. The number of imidazole rings is 1. The monoisotopic (exact) mass is 581 g/mol. The van der Waals surface area contributed by atoms with Crippen molar-refractivity contribution in [2.24, 2.45) is 13.0 Å². The number of hydrogen-bond donors (Lipinski definition) is 0. The van der Waals surface area contributed by atoms with E-state index in [1.807, 2.05) is 16.5 Å². The highest BCUT2D eigenvalue weighted by Crippen LogP contribution is 2.43. The Morgan fingerprint density at radius 1 is 1.14 bits per heavy atom. The summed E-state index contributed by atoms with van der Waals surface area (Å²) in [5.41, 5.74) is -1.50. The Hall–Kier alpha value is -3.98. The van der Waals surface area contributed by atoms with Crippen molar-refractivity contribution in [1.82, 2.24) is 28.6 Å². The summed E-state index contributed by atoms with van der Waals surface area (Å²) in [6, 6.07) is 8.23. The van der Waals surface area contributed by atoms with E-state index in [1.54, 1.807) is 18.5 Å². The van der Waals surface area contributed by atoms with Gasteiger partial charge in [-0.2, -0.15) is 18.4 Å². The first-order chi connectivity index (χ1) is 19.9. The number of fused-ring (bicyclic) bond motifs is 1. The molecule has 0 amide bonds. The normalized spacial score (nSPS) is 18.6. The van der Waals surface area contributed by atoms with Gasteiger partial charge in [0, 0.05) is 45.0 Å². The van der Waals surface area contributed by atoms with E-state index in [4.69, 9.17) is 0 Å². The summed E-state index contributed by atoms with van der Waals surface area (Å²) in [6.07, 6.45) is 3.12. The second-order valence-corrected chi connectivity index (χ2v) is 11.9. The second-order valence-electron chi connectivity index (χ2n) is 11.9. The van der Waals surface area contributed by atoms with Gasteiger partial charge < -0.3 is 4.57 Å². The van der Waals surface area contributed by atoms with Gasteiger partial charge in [0.05, 0.1) is 28.4 Å². The number of alkyl halides is 4. The van der Waals surface area contributed by atoms with E-state index >= 15 is 0 Å². The first kappa shape index (κ1) is 28.2. The molecule has 2 aliphatic rings. The van der Waals surface area contributed by atoms with Crippen molar-refractivity contribution < 1.29 is 17.6 Å². The first-order valence-electron chi connectivity index (χ1n) is 14.1. The lowest BCUT2D eigenvalue weighted by atomic mass is 9.72. The largest absolute Gasteiger partial charge is 0.418 e. The molecule has 2 fully saturated rings. The van der Waals surface area contributed by atoms with Crippen molar-refractivity contribution in [3.05, 3.63) is 81.5 Å². The van der Waals surface area contributed by atoms with Crippen LogP contribution in [0.3, 0.4) is 0 Å². The van der Waals surface area contributed by atoms with Crippen LogP contribution >= 0.6 is 0 Å². The number of aromatic nitrogens is 5. The zero-order valence-electron chi connectivity index (χ0n) is 23.4. The highest BCUT2D eigenvalue weighted by Gasteiger charge is 2.36. The van der Waals surface area contributed by atoms with Gasteiger partial charge in [-0.25, -0.2) is 9.18 Å². The zero-order valence-corrected chi connectivity index (χ0v) is 23.4. The van der Waals surface area contributed by atoms with Crippen molar-refractivity contribution in [2.75, 3.05) is 13.1 Å².